The van der Waals surface area contributed by atoms with Crippen LogP contribution >= 0.6 is 45.2 Å². The minimum atomic E-state index is 0.918. The van der Waals surface area contributed by atoms with Crippen LogP contribution in [-0.4, -0.2) is 8.35 Å². The SMILES string of the molecule is C=CCCCCCC(I)CCCCCCI. The number of rotatable bonds is 12. The summed E-state index contributed by atoms with van der Waals surface area (Å²) < 4.78 is 2.25. The standard InChI is InChI=1S/C14H26I2/c1-2-3-4-5-8-11-14(16)12-9-6-7-10-13-15/h2,14H,1,3-13H2. The molecule has 16 heavy (non-hydrogen) atoms. The summed E-state index contributed by atoms with van der Waals surface area (Å²) >= 11 is 5.12. The van der Waals surface area contributed by atoms with Crippen molar-refractivity contribution >= 4 is 45.2 Å². The zero-order chi connectivity index (χ0) is 12.1. The van der Waals surface area contributed by atoms with Crippen LogP contribution < -0.4 is 0 Å². The van der Waals surface area contributed by atoms with Crippen molar-refractivity contribution < 1.29 is 0 Å². The molecule has 96 valence electrons. The molecule has 0 heterocycles. The summed E-state index contributed by atoms with van der Waals surface area (Å²) in [5.74, 6) is 0. The zero-order valence-electron chi connectivity index (χ0n) is 10.4. The first kappa shape index (κ1) is 17.2. The molecule has 1 unspecified atom stereocenters. The van der Waals surface area contributed by atoms with E-state index < -0.39 is 0 Å². The van der Waals surface area contributed by atoms with E-state index in [9.17, 15) is 0 Å². The average Bonchev–Trinajstić information content (AvgIpc) is 2.28. The molecule has 0 saturated carbocycles. The molecule has 0 aliphatic heterocycles. The second-order valence-corrected chi connectivity index (χ2v) is 7.26. The Kier molecular flexibility index (Phi) is 15.3. The molecule has 0 bridgehead atoms. The van der Waals surface area contributed by atoms with Crippen LogP contribution in [0.1, 0.15) is 64.2 Å². The average molecular weight is 448 g/mol. The smallest absolute Gasteiger partial charge is 0.0110 e. The molecule has 0 amide bonds. The molecule has 0 fully saturated rings. The lowest BCUT2D eigenvalue weighted by Gasteiger charge is -2.09. The van der Waals surface area contributed by atoms with Gasteiger partial charge in [-0.1, -0.05) is 83.4 Å². The van der Waals surface area contributed by atoms with Gasteiger partial charge in [0.2, 0.25) is 0 Å². The van der Waals surface area contributed by atoms with Crippen molar-refractivity contribution in [3.05, 3.63) is 12.7 Å². The van der Waals surface area contributed by atoms with Crippen molar-refractivity contribution in [2.24, 2.45) is 0 Å². The van der Waals surface area contributed by atoms with E-state index in [1.54, 1.807) is 0 Å². The largest absolute Gasteiger partial charge is 0.103 e. The highest BCUT2D eigenvalue weighted by Gasteiger charge is 2.03. The quantitative estimate of drug-likeness (QED) is 0.142. The molecule has 0 rings (SSSR count). The summed E-state index contributed by atoms with van der Waals surface area (Å²) in [6, 6.07) is 0. The van der Waals surface area contributed by atoms with Crippen molar-refractivity contribution in [2.75, 3.05) is 4.43 Å². The lowest BCUT2D eigenvalue weighted by Crippen LogP contribution is -1.97. The van der Waals surface area contributed by atoms with Crippen LogP contribution in [0.2, 0.25) is 0 Å². The van der Waals surface area contributed by atoms with Gasteiger partial charge in [-0.3, -0.25) is 0 Å². The highest BCUT2D eigenvalue weighted by Crippen LogP contribution is 2.19. The number of hydrogen-bond acceptors (Lipinski definition) is 0. The maximum atomic E-state index is 3.76. The van der Waals surface area contributed by atoms with E-state index in [-0.39, 0.29) is 0 Å². The molecule has 0 spiro atoms. The summed E-state index contributed by atoms with van der Waals surface area (Å²) in [4.78, 5) is 0. The van der Waals surface area contributed by atoms with E-state index in [0.29, 0.717) is 0 Å². The normalized spacial score (nSPS) is 12.6. The fraction of sp³-hybridized carbons (Fsp3) is 0.857. The molecule has 2 heteroatoms. The monoisotopic (exact) mass is 448 g/mol. The number of halogens is 2. The number of allylic oxidation sites excluding steroid dienone is 1. The number of alkyl halides is 2. The molecule has 0 saturated heterocycles. The predicted octanol–water partition coefficient (Wildman–Crippen LogP) is 6.31. The van der Waals surface area contributed by atoms with Gasteiger partial charge in [0.25, 0.3) is 0 Å². The maximum Gasteiger partial charge on any atom is 0.0110 e. The van der Waals surface area contributed by atoms with E-state index >= 15 is 0 Å². The zero-order valence-corrected chi connectivity index (χ0v) is 14.7. The van der Waals surface area contributed by atoms with Crippen LogP contribution in [0.3, 0.4) is 0 Å². The molecule has 1 atom stereocenters. The fourth-order valence-corrected chi connectivity index (χ4v) is 3.21. The Morgan fingerprint density at radius 2 is 1.44 bits per heavy atom. The van der Waals surface area contributed by atoms with Crippen LogP contribution in [0.5, 0.6) is 0 Å². The summed E-state index contributed by atoms with van der Waals surface area (Å²) in [6.45, 7) is 3.76. The van der Waals surface area contributed by atoms with Crippen LogP contribution in [0.4, 0.5) is 0 Å². The van der Waals surface area contributed by atoms with Gasteiger partial charge in [-0.2, -0.15) is 0 Å². The summed E-state index contributed by atoms with van der Waals surface area (Å²) in [6.07, 6.45) is 16.0. The van der Waals surface area contributed by atoms with Crippen molar-refractivity contribution in [3.8, 4) is 0 Å². The topological polar surface area (TPSA) is 0 Å². The highest BCUT2D eigenvalue weighted by atomic mass is 127. The first-order valence-electron chi connectivity index (χ1n) is 6.62. The van der Waals surface area contributed by atoms with Crippen LogP contribution in [0.15, 0.2) is 12.7 Å². The lowest BCUT2D eigenvalue weighted by molar-refractivity contribution is 0.579. The fourth-order valence-electron chi connectivity index (χ4n) is 1.79. The van der Waals surface area contributed by atoms with E-state index in [1.165, 1.54) is 68.6 Å². The second kappa shape index (κ2) is 14.3. The van der Waals surface area contributed by atoms with Gasteiger partial charge >= 0.3 is 0 Å². The molecule has 0 aromatic heterocycles. The summed E-state index contributed by atoms with van der Waals surface area (Å²) in [5, 5.41) is 0. The predicted molar refractivity (Wildman–Crippen MR) is 93.1 cm³/mol. The number of unbranched alkanes of at least 4 members (excludes halogenated alkanes) is 6. The first-order valence-corrected chi connectivity index (χ1v) is 9.39. The molecular formula is C14H26I2. The Labute approximate surface area is 129 Å². The van der Waals surface area contributed by atoms with Gasteiger partial charge in [-0.05, 0) is 36.5 Å². The summed E-state index contributed by atoms with van der Waals surface area (Å²) in [5.41, 5.74) is 0. The summed E-state index contributed by atoms with van der Waals surface area (Å²) in [7, 11) is 0. The lowest BCUT2D eigenvalue weighted by atomic mass is 10.1. The van der Waals surface area contributed by atoms with Crippen LogP contribution in [0, 0.1) is 0 Å². The second-order valence-electron chi connectivity index (χ2n) is 4.42. The van der Waals surface area contributed by atoms with Gasteiger partial charge in [0.1, 0.15) is 0 Å². The van der Waals surface area contributed by atoms with Crippen molar-refractivity contribution in [1.29, 1.82) is 0 Å². The van der Waals surface area contributed by atoms with Gasteiger partial charge in [0, 0.05) is 3.92 Å². The number of hydrogen-bond donors (Lipinski definition) is 0. The highest BCUT2D eigenvalue weighted by molar-refractivity contribution is 14.1. The Morgan fingerprint density at radius 3 is 2.00 bits per heavy atom. The molecule has 0 aliphatic rings. The van der Waals surface area contributed by atoms with E-state index in [0.717, 1.165) is 3.92 Å². The van der Waals surface area contributed by atoms with Gasteiger partial charge in [-0.15, -0.1) is 6.58 Å². The maximum absolute atomic E-state index is 3.76. The third kappa shape index (κ3) is 13.3. The third-order valence-electron chi connectivity index (χ3n) is 2.83. The van der Waals surface area contributed by atoms with Crippen molar-refractivity contribution in [1.82, 2.24) is 0 Å². The van der Waals surface area contributed by atoms with E-state index in [4.69, 9.17) is 0 Å². The molecule has 0 N–H and O–H groups in total. The van der Waals surface area contributed by atoms with Crippen molar-refractivity contribution in [2.45, 2.75) is 68.1 Å². The molecular weight excluding hydrogens is 422 g/mol. The molecule has 0 nitrogen and oxygen atoms in total. The minimum absolute atomic E-state index is 0.918. The van der Waals surface area contributed by atoms with Crippen molar-refractivity contribution in [3.63, 3.8) is 0 Å². The molecule has 0 radical (unpaired) electrons. The third-order valence-corrected chi connectivity index (χ3v) is 4.84. The van der Waals surface area contributed by atoms with E-state index in [1.807, 2.05) is 6.08 Å². The van der Waals surface area contributed by atoms with Crippen LogP contribution in [0.25, 0.3) is 0 Å². The Bertz CT molecular complexity index is 146. The Morgan fingerprint density at radius 1 is 0.875 bits per heavy atom. The Balaban J connectivity index is 3.11. The molecule has 0 aromatic carbocycles. The van der Waals surface area contributed by atoms with E-state index in [2.05, 4.69) is 51.8 Å². The van der Waals surface area contributed by atoms with Gasteiger partial charge in [0.05, 0.1) is 0 Å². The minimum Gasteiger partial charge on any atom is -0.103 e. The molecule has 0 aromatic rings. The van der Waals surface area contributed by atoms with Gasteiger partial charge < -0.3 is 0 Å². The van der Waals surface area contributed by atoms with Crippen LogP contribution in [-0.2, 0) is 0 Å². The first-order chi connectivity index (χ1) is 7.81. The van der Waals surface area contributed by atoms with Gasteiger partial charge in [-0.25, -0.2) is 0 Å². The Hall–Kier alpha value is 1.20. The molecule has 0 aliphatic carbocycles. The van der Waals surface area contributed by atoms with Gasteiger partial charge in [0.15, 0.2) is 0 Å².